The summed E-state index contributed by atoms with van der Waals surface area (Å²) in [5.41, 5.74) is 1.01. The molecule has 0 spiro atoms. The average molecular weight is 171 g/mol. The van der Waals surface area contributed by atoms with E-state index in [1.54, 1.807) is 23.5 Å². The van der Waals surface area contributed by atoms with Gasteiger partial charge in [-0.3, -0.25) is 5.10 Å². The van der Waals surface area contributed by atoms with E-state index in [2.05, 4.69) is 26.2 Å². The molecule has 0 aromatic carbocycles. The van der Waals surface area contributed by atoms with Gasteiger partial charge < -0.3 is 0 Å². The van der Waals surface area contributed by atoms with Crippen LogP contribution in [0.5, 0.6) is 0 Å². The van der Waals surface area contributed by atoms with Crippen LogP contribution in [0.15, 0.2) is 17.0 Å². The first-order valence-electron chi connectivity index (χ1n) is 2.79. The molecule has 5 heteroatoms. The topological polar surface area (TPSA) is 41.6 Å². The molecule has 0 saturated carbocycles. The second-order valence-electron chi connectivity index (χ2n) is 1.77. The van der Waals surface area contributed by atoms with Crippen molar-refractivity contribution < 1.29 is 0 Å². The van der Waals surface area contributed by atoms with Gasteiger partial charge in [-0.1, -0.05) is 5.21 Å². The molecule has 0 atom stereocenters. The average Bonchev–Trinajstić information content (AvgIpc) is 2.59. The highest BCUT2D eigenvalue weighted by Crippen LogP contribution is 2.44. The van der Waals surface area contributed by atoms with E-state index in [4.69, 9.17) is 0 Å². The molecule has 2 rings (SSSR count). The Morgan fingerprint density at radius 2 is 2.20 bits per heavy atom. The highest BCUT2D eigenvalue weighted by atomic mass is 32.2. The van der Waals surface area contributed by atoms with E-state index in [9.17, 15) is 0 Å². The lowest BCUT2D eigenvalue weighted by molar-refractivity contribution is 0.925. The third kappa shape index (κ3) is 1.06. The fourth-order valence-electron chi connectivity index (χ4n) is 0.704. The molecule has 1 aliphatic rings. The zero-order valence-corrected chi connectivity index (χ0v) is 6.65. The van der Waals surface area contributed by atoms with Crippen molar-refractivity contribution in [2.75, 3.05) is 0 Å². The lowest BCUT2D eigenvalue weighted by atomic mass is 10.6. The van der Waals surface area contributed by atoms with Gasteiger partial charge in [0, 0.05) is 6.20 Å². The second-order valence-corrected chi connectivity index (χ2v) is 4.10. The van der Waals surface area contributed by atoms with Crippen LogP contribution in [0.25, 0.3) is 0 Å². The molecular formula is C5H5N3S2. The maximum absolute atomic E-state index is 3.91. The first-order valence-corrected chi connectivity index (χ1v) is 4.67. The van der Waals surface area contributed by atoms with Gasteiger partial charge in [0.05, 0.1) is 0 Å². The molecule has 3 nitrogen and oxygen atoms in total. The van der Waals surface area contributed by atoms with Crippen LogP contribution < -0.4 is 0 Å². The molecule has 0 radical (unpaired) electrons. The van der Waals surface area contributed by atoms with Crippen LogP contribution in [0.3, 0.4) is 0 Å². The number of thioether (sulfide) groups is 2. The highest BCUT2D eigenvalue weighted by Gasteiger charge is 2.16. The van der Waals surface area contributed by atoms with Crippen molar-refractivity contribution in [1.29, 1.82) is 0 Å². The number of hydrogen-bond acceptors (Lipinski definition) is 4. The second kappa shape index (κ2) is 2.67. The normalized spacial score (nSPS) is 18.4. The zero-order chi connectivity index (χ0) is 6.81. The van der Waals surface area contributed by atoms with Crippen LogP contribution in [0.1, 0.15) is 10.3 Å². The van der Waals surface area contributed by atoms with Gasteiger partial charge in [0.25, 0.3) is 0 Å². The Kier molecular flexibility index (Phi) is 1.68. The number of H-pyrrole nitrogens is 1. The van der Waals surface area contributed by atoms with Crippen molar-refractivity contribution in [3.63, 3.8) is 0 Å². The fourth-order valence-corrected chi connectivity index (χ4v) is 2.65. The molecule has 0 amide bonds. The number of aromatic nitrogens is 3. The maximum atomic E-state index is 3.91. The molecule has 52 valence electrons. The Morgan fingerprint density at radius 3 is 2.80 bits per heavy atom. The highest BCUT2D eigenvalue weighted by molar-refractivity contribution is 8.21. The Morgan fingerprint density at radius 1 is 1.40 bits per heavy atom. The summed E-state index contributed by atoms with van der Waals surface area (Å²) in [4.78, 5) is 0. The summed E-state index contributed by atoms with van der Waals surface area (Å²) < 4.78 is 0.416. The van der Waals surface area contributed by atoms with Crippen molar-refractivity contribution in [2.24, 2.45) is 0 Å². The Bertz CT molecular complexity index is 223. The summed E-state index contributed by atoms with van der Waals surface area (Å²) in [7, 11) is 0. The van der Waals surface area contributed by atoms with Gasteiger partial charge in [-0.2, -0.15) is 0 Å². The number of hydrogen-bond donors (Lipinski definition) is 1. The molecule has 1 aromatic heterocycles. The van der Waals surface area contributed by atoms with Crippen molar-refractivity contribution >= 4 is 23.5 Å². The number of nitrogens with one attached hydrogen (secondary N) is 1. The van der Waals surface area contributed by atoms with E-state index >= 15 is 0 Å². The molecule has 2 heterocycles. The quantitative estimate of drug-likeness (QED) is 0.699. The minimum atomic E-state index is 0.416. The molecule has 0 saturated heterocycles. The van der Waals surface area contributed by atoms with Gasteiger partial charge in [-0.25, -0.2) is 0 Å². The minimum absolute atomic E-state index is 0.416. The summed E-state index contributed by atoms with van der Waals surface area (Å²) in [5, 5.41) is 14.4. The Balaban J connectivity index is 2.14. The monoisotopic (exact) mass is 171 g/mol. The van der Waals surface area contributed by atoms with E-state index < -0.39 is 0 Å². The van der Waals surface area contributed by atoms with Gasteiger partial charge in [0.15, 0.2) is 0 Å². The molecule has 1 aromatic rings. The predicted octanol–water partition coefficient (Wildman–Crippen LogP) is 1.75. The van der Waals surface area contributed by atoms with E-state index in [1.807, 2.05) is 6.20 Å². The summed E-state index contributed by atoms with van der Waals surface area (Å²) in [6, 6.07) is 0. The Labute approximate surface area is 66.7 Å². The van der Waals surface area contributed by atoms with Gasteiger partial charge >= 0.3 is 0 Å². The summed E-state index contributed by atoms with van der Waals surface area (Å²) in [6.07, 6.45) is 1.83. The van der Waals surface area contributed by atoms with Crippen LogP contribution >= 0.6 is 23.5 Å². The third-order valence-corrected chi connectivity index (χ3v) is 3.54. The van der Waals surface area contributed by atoms with Crippen LogP contribution in [-0.4, -0.2) is 15.4 Å². The molecule has 0 unspecified atom stereocenters. The van der Waals surface area contributed by atoms with Crippen LogP contribution in [0, 0.1) is 0 Å². The van der Waals surface area contributed by atoms with E-state index in [-0.39, 0.29) is 0 Å². The van der Waals surface area contributed by atoms with Crippen molar-refractivity contribution in [3.8, 4) is 0 Å². The van der Waals surface area contributed by atoms with Crippen LogP contribution in [0.4, 0.5) is 0 Å². The van der Waals surface area contributed by atoms with Crippen molar-refractivity contribution in [3.05, 3.63) is 22.7 Å². The molecular weight excluding hydrogens is 166 g/mol. The van der Waals surface area contributed by atoms with E-state index in [0.29, 0.717) is 4.58 Å². The van der Waals surface area contributed by atoms with Gasteiger partial charge in [0.2, 0.25) is 0 Å². The van der Waals surface area contributed by atoms with Crippen molar-refractivity contribution in [2.45, 2.75) is 4.58 Å². The van der Waals surface area contributed by atoms with Gasteiger partial charge in [0.1, 0.15) is 10.3 Å². The minimum Gasteiger partial charge on any atom is -0.265 e. The summed E-state index contributed by atoms with van der Waals surface area (Å²) >= 11 is 3.52. The molecule has 0 fully saturated rings. The number of rotatable bonds is 1. The molecule has 1 N–H and O–H groups in total. The van der Waals surface area contributed by atoms with E-state index in [0.717, 1.165) is 5.69 Å². The smallest absolute Gasteiger partial charge is 0.106 e. The zero-order valence-electron chi connectivity index (χ0n) is 5.02. The molecule has 0 bridgehead atoms. The lowest BCUT2D eigenvalue weighted by Gasteiger charge is -1.99. The summed E-state index contributed by atoms with van der Waals surface area (Å²) in [5.74, 6) is 0. The van der Waals surface area contributed by atoms with Crippen LogP contribution in [-0.2, 0) is 0 Å². The van der Waals surface area contributed by atoms with E-state index in [1.165, 1.54) is 0 Å². The lowest BCUT2D eigenvalue weighted by Crippen LogP contribution is -1.83. The SMILES string of the molecule is C1=CSC(c2c[nH]nn2)S1. The fraction of sp³-hybridized carbons (Fsp3) is 0.200. The van der Waals surface area contributed by atoms with Crippen molar-refractivity contribution in [1.82, 2.24) is 15.4 Å². The molecule has 1 aliphatic heterocycles. The molecule has 10 heavy (non-hydrogen) atoms. The number of nitrogens with zero attached hydrogens (tertiary/aromatic N) is 2. The molecule has 0 aliphatic carbocycles. The maximum Gasteiger partial charge on any atom is 0.106 e. The Hall–Kier alpha value is -0.420. The van der Waals surface area contributed by atoms with Gasteiger partial charge in [-0.15, -0.1) is 28.6 Å². The summed E-state index contributed by atoms with van der Waals surface area (Å²) in [6.45, 7) is 0. The predicted molar refractivity (Wildman–Crippen MR) is 43.4 cm³/mol. The van der Waals surface area contributed by atoms with Crippen LogP contribution in [0.2, 0.25) is 0 Å². The largest absolute Gasteiger partial charge is 0.265 e. The third-order valence-electron chi connectivity index (χ3n) is 1.14. The first kappa shape index (κ1) is 6.30. The van der Waals surface area contributed by atoms with Gasteiger partial charge in [-0.05, 0) is 10.8 Å². The standard InChI is InChI=1S/C5H5N3S2/c1-2-10-5(9-1)4-3-6-8-7-4/h1-3,5H,(H,6,7,8). The number of aromatic amines is 1. The first-order chi connectivity index (χ1) is 4.97.